The van der Waals surface area contributed by atoms with Gasteiger partial charge in [0.15, 0.2) is 17.5 Å². The number of aliphatic imine (C=N–C) groups is 1. The highest BCUT2D eigenvalue weighted by Gasteiger charge is 2.26. The van der Waals surface area contributed by atoms with Gasteiger partial charge in [-0.25, -0.2) is 9.97 Å². The smallest absolute Gasteiger partial charge is 0.231 e. The van der Waals surface area contributed by atoms with Crippen molar-refractivity contribution in [3.63, 3.8) is 0 Å². The Bertz CT molecular complexity index is 869. The molecule has 1 N–H and O–H groups in total. The van der Waals surface area contributed by atoms with Crippen LogP contribution in [0.1, 0.15) is 19.4 Å². The standard InChI is InChI=1S/C21H28N6O2.HI/c1-21(2,16-5-6-17-18(13-16)29-15-28-17)14-25-19(22-3)26-9-11-27(12-10-26)20-23-7-4-8-24-20;/h4-8,13H,9-12,14-15H2,1-3H3,(H,22,25);1H. The molecule has 2 aliphatic rings. The Morgan fingerprint density at radius 3 is 2.50 bits per heavy atom. The van der Waals surface area contributed by atoms with Crippen LogP contribution < -0.4 is 19.7 Å². The Hall–Kier alpha value is -2.30. The first-order valence-corrected chi connectivity index (χ1v) is 9.94. The van der Waals surface area contributed by atoms with E-state index in [4.69, 9.17) is 9.47 Å². The van der Waals surface area contributed by atoms with Crippen LogP contribution in [0, 0.1) is 0 Å². The molecule has 1 saturated heterocycles. The Balaban J connectivity index is 0.00000256. The highest BCUT2D eigenvalue weighted by atomic mass is 127. The van der Waals surface area contributed by atoms with Crippen LogP contribution in [-0.2, 0) is 5.41 Å². The molecule has 2 aromatic rings. The van der Waals surface area contributed by atoms with E-state index in [0.717, 1.165) is 56.1 Å². The minimum atomic E-state index is -0.0867. The Morgan fingerprint density at radius 1 is 1.10 bits per heavy atom. The van der Waals surface area contributed by atoms with E-state index in [0.29, 0.717) is 6.79 Å². The Kier molecular flexibility index (Phi) is 7.22. The van der Waals surface area contributed by atoms with E-state index in [9.17, 15) is 0 Å². The maximum absolute atomic E-state index is 5.53. The SMILES string of the molecule is CN=C(NCC(C)(C)c1ccc2c(c1)OCO2)N1CCN(c2ncccn2)CC1.I. The highest BCUT2D eigenvalue weighted by Crippen LogP contribution is 2.36. The zero-order chi connectivity index (χ0) is 20.3. The summed E-state index contributed by atoms with van der Waals surface area (Å²) in [6, 6.07) is 8.01. The molecule has 30 heavy (non-hydrogen) atoms. The molecule has 4 rings (SSSR count). The highest BCUT2D eigenvalue weighted by molar-refractivity contribution is 14.0. The number of rotatable bonds is 4. The second-order valence-corrected chi connectivity index (χ2v) is 7.88. The molecular formula is C21H29IN6O2. The van der Waals surface area contributed by atoms with Gasteiger partial charge in [-0.1, -0.05) is 19.9 Å². The van der Waals surface area contributed by atoms with Gasteiger partial charge in [0.1, 0.15) is 0 Å². The number of aromatic nitrogens is 2. The summed E-state index contributed by atoms with van der Waals surface area (Å²) in [4.78, 5) is 17.7. The molecule has 0 saturated carbocycles. The first-order chi connectivity index (χ1) is 14.1. The molecule has 0 radical (unpaired) electrons. The molecule has 0 atom stereocenters. The number of fused-ring (bicyclic) bond motifs is 1. The van der Waals surface area contributed by atoms with E-state index in [2.05, 4.69) is 56.1 Å². The van der Waals surface area contributed by atoms with Crippen LogP contribution in [0.25, 0.3) is 0 Å². The molecule has 9 heteroatoms. The fraction of sp³-hybridized carbons (Fsp3) is 0.476. The van der Waals surface area contributed by atoms with Crippen LogP contribution in [0.2, 0.25) is 0 Å². The van der Waals surface area contributed by atoms with Crippen molar-refractivity contribution in [3.8, 4) is 11.5 Å². The lowest BCUT2D eigenvalue weighted by Crippen LogP contribution is -2.54. The largest absolute Gasteiger partial charge is 0.454 e. The monoisotopic (exact) mass is 524 g/mol. The third kappa shape index (κ3) is 4.88. The number of halogens is 1. The number of guanidine groups is 1. The number of hydrogen-bond donors (Lipinski definition) is 1. The van der Waals surface area contributed by atoms with Gasteiger partial charge in [-0.05, 0) is 23.8 Å². The molecule has 0 bridgehead atoms. The average Bonchev–Trinajstić information content (AvgIpc) is 3.23. The fourth-order valence-corrected chi connectivity index (χ4v) is 3.62. The predicted molar refractivity (Wildman–Crippen MR) is 128 cm³/mol. The molecule has 1 aromatic carbocycles. The van der Waals surface area contributed by atoms with Crippen LogP contribution in [0.5, 0.6) is 11.5 Å². The van der Waals surface area contributed by atoms with Crippen molar-refractivity contribution in [2.45, 2.75) is 19.3 Å². The maximum atomic E-state index is 5.53. The van der Waals surface area contributed by atoms with E-state index >= 15 is 0 Å². The van der Waals surface area contributed by atoms with Crippen LogP contribution in [0.4, 0.5) is 5.95 Å². The molecule has 3 heterocycles. The zero-order valence-electron chi connectivity index (χ0n) is 17.7. The molecule has 0 aliphatic carbocycles. The van der Waals surface area contributed by atoms with Crippen molar-refractivity contribution >= 4 is 35.9 Å². The van der Waals surface area contributed by atoms with Crippen LogP contribution >= 0.6 is 24.0 Å². The Labute approximate surface area is 194 Å². The summed E-state index contributed by atoms with van der Waals surface area (Å²) in [5, 5.41) is 3.55. The van der Waals surface area contributed by atoms with Crippen molar-refractivity contribution in [2.24, 2.45) is 4.99 Å². The topological polar surface area (TPSA) is 75.1 Å². The molecule has 162 valence electrons. The molecule has 1 fully saturated rings. The van der Waals surface area contributed by atoms with E-state index in [1.807, 2.05) is 19.2 Å². The molecule has 0 unspecified atom stereocenters. The molecule has 2 aliphatic heterocycles. The zero-order valence-corrected chi connectivity index (χ0v) is 20.0. The average molecular weight is 524 g/mol. The second-order valence-electron chi connectivity index (χ2n) is 7.88. The number of benzene rings is 1. The number of ether oxygens (including phenoxy) is 2. The fourth-order valence-electron chi connectivity index (χ4n) is 3.62. The minimum absolute atomic E-state index is 0. The van der Waals surface area contributed by atoms with Gasteiger partial charge in [0.2, 0.25) is 12.7 Å². The van der Waals surface area contributed by atoms with Gasteiger partial charge in [-0.2, -0.15) is 0 Å². The van der Waals surface area contributed by atoms with Crippen molar-refractivity contribution < 1.29 is 9.47 Å². The first-order valence-electron chi connectivity index (χ1n) is 9.94. The Morgan fingerprint density at radius 2 is 1.80 bits per heavy atom. The normalized spacial score (nSPS) is 16.3. The van der Waals surface area contributed by atoms with Crippen LogP contribution in [0.3, 0.4) is 0 Å². The molecule has 8 nitrogen and oxygen atoms in total. The second kappa shape index (κ2) is 9.67. The van der Waals surface area contributed by atoms with Gasteiger partial charge in [0, 0.05) is 57.6 Å². The van der Waals surface area contributed by atoms with Gasteiger partial charge in [-0.15, -0.1) is 24.0 Å². The summed E-state index contributed by atoms with van der Waals surface area (Å²) < 4.78 is 11.0. The number of nitrogens with one attached hydrogen (secondary N) is 1. The van der Waals surface area contributed by atoms with Crippen molar-refractivity contribution in [2.75, 3.05) is 51.5 Å². The number of nitrogens with zero attached hydrogens (tertiary/aromatic N) is 5. The van der Waals surface area contributed by atoms with E-state index in [-0.39, 0.29) is 29.4 Å². The number of piperazine rings is 1. The first kappa shape index (κ1) is 22.4. The summed E-state index contributed by atoms with van der Waals surface area (Å²) in [5.41, 5.74) is 1.12. The lowest BCUT2D eigenvalue weighted by atomic mass is 9.84. The summed E-state index contributed by atoms with van der Waals surface area (Å²) in [6.45, 7) is 8.99. The lowest BCUT2D eigenvalue weighted by Gasteiger charge is -2.37. The van der Waals surface area contributed by atoms with E-state index in [1.54, 1.807) is 12.4 Å². The van der Waals surface area contributed by atoms with Gasteiger partial charge in [0.25, 0.3) is 0 Å². The molecule has 0 amide bonds. The van der Waals surface area contributed by atoms with Gasteiger partial charge in [-0.3, -0.25) is 4.99 Å². The van der Waals surface area contributed by atoms with Crippen molar-refractivity contribution in [1.29, 1.82) is 0 Å². The summed E-state index contributed by atoms with van der Waals surface area (Å²) in [7, 11) is 1.84. The molecule has 0 spiro atoms. The van der Waals surface area contributed by atoms with Gasteiger partial charge in [0.05, 0.1) is 0 Å². The van der Waals surface area contributed by atoms with Crippen molar-refractivity contribution in [3.05, 3.63) is 42.2 Å². The third-order valence-electron chi connectivity index (χ3n) is 5.47. The van der Waals surface area contributed by atoms with E-state index in [1.165, 1.54) is 5.56 Å². The van der Waals surface area contributed by atoms with Gasteiger partial charge < -0.3 is 24.6 Å². The molecular weight excluding hydrogens is 495 g/mol. The van der Waals surface area contributed by atoms with Crippen molar-refractivity contribution in [1.82, 2.24) is 20.2 Å². The quantitative estimate of drug-likeness (QED) is 0.375. The summed E-state index contributed by atoms with van der Waals surface area (Å²) in [5.74, 6) is 3.35. The number of hydrogen-bond acceptors (Lipinski definition) is 6. The van der Waals surface area contributed by atoms with E-state index < -0.39 is 0 Å². The summed E-state index contributed by atoms with van der Waals surface area (Å²) >= 11 is 0. The third-order valence-corrected chi connectivity index (χ3v) is 5.47. The molecule has 1 aromatic heterocycles. The minimum Gasteiger partial charge on any atom is -0.454 e. The predicted octanol–water partition coefficient (Wildman–Crippen LogP) is 2.50. The summed E-state index contributed by atoms with van der Waals surface area (Å²) in [6.07, 6.45) is 3.57. The van der Waals surface area contributed by atoms with Gasteiger partial charge >= 0.3 is 0 Å². The van der Waals surface area contributed by atoms with Crippen LogP contribution in [0.15, 0.2) is 41.7 Å². The maximum Gasteiger partial charge on any atom is 0.231 e. The van der Waals surface area contributed by atoms with Crippen LogP contribution in [-0.4, -0.2) is 67.4 Å². The lowest BCUT2D eigenvalue weighted by molar-refractivity contribution is 0.174. The number of anilines is 1.